The predicted molar refractivity (Wildman–Crippen MR) is 61.0 cm³/mol. The quantitative estimate of drug-likeness (QED) is 0.655. The lowest BCUT2D eigenvalue weighted by Gasteiger charge is -2.42. The standard InChI is InChI=1S/C11H21N3O2/c1-8-6-9(2-5-16-8)14-4-3-13-7-10(14)11(12)15/h8-10,13H,2-7H2,1H3,(H2,12,15). The number of piperazine rings is 1. The van der Waals surface area contributed by atoms with Gasteiger partial charge in [0.15, 0.2) is 0 Å². The second kappa shape index (κ2) is 5.12. The van der Waals surface area contributed by atoms with E-state index in [2.05, 4.69) is 17.1 Å². The normalized spacial score (nSPS) is 37.2. The molecule has 2 aliphatic rings. The van der Waals surface area contributed by atoms with Crippen molar-refractivity contribution in [3.8, 4) is 0 Å². The molecule has 2 aliphatic heterocycles. The molecule has 0 aliphatic carbocycles. The van der Waals surface area contributed by atoms with E-state index in [9.17, 15) is 4.79 Å². The average molecular weight is 227 g/mol. The van der Waals surface area contributed by atoms with Crippen molar-refractivity contribution < 1.29 is 9.53 Å². The lowest BCUT2D eigenvalue weighted by molar-refractivity contribution is -0.126. The second-order valence-corrected chi connectivity index (χ2v) is 4.72. The van der Waals surface area contributed by atoms with Crippen LogP contribution >= 0.6 is 0 Å². The predicted octanol–water partition coefficient (Wildman–Crippen LogP) is -0.687. The van der Waals surface area contributed by atoms with Crippen molar-refractivity contribution in [3.63, 3.8) is 0 Å². The lowest BCUT2D eigenvalue weighted by Crippen LogP contribution is -2.61. The van der Waals surface area contributed by atoms with Gasteiger partial charge in [-0.1, -0.05) is 0 Å². The molecule has 3 N–H and O–H groups in total. The van der Waals surface area contributed by atoms with E-state index in [4.69, 9.17) is 10.5 Å². The minimum Gasteiger partial charge on any atom is -0.378 e. The fourth-order valence-electron chi connectivity index (χ4n) is 2.70. The number of amides is 1. The highest BCUT2D eigenvalue weighted by molar-refractivity contribution is 5.80. The highest BCUT2D eigenvalue weighted by Crippen LogP contribution is 2.21. The molecule has 3 unspecified atom stereocenters. The second-order valence-electron chi connectivity index (χ2n) is 4.72. The molecule has 0 saturated carbocycles. The van der Waals surface area contributed by atoms with Crippen LogP contribution in [0.25, 0.3) is 0 Å². The van der Waals surface area contributed by atoms with Crippen LogP contribution < -0.4 is 11.1 Å². The molecule has 3 atom stereocenters. The summed E-state index contributed by atoms with van der Waals surface area (Å²) < 4.78 is 5.54. The lowest BCUT2D eigenvalue weighted by atomic mass is 9.99. The largest absolute Gasteiger partial charge is 0.378 e. The Labute approximate surface area is 96.3 Å². The van der Waals surface area contributed by atoms with Gasteiger partial charge in [0.05, 0.1) is 6.10 Å². The van der Waals surface area contributed by atoms with Crippen molar-refractivity contribution >= 4 is 5.91 Å². The zero-order chi connectivity index (χ0) is 11.5. The van der Waals surface area contributed by atoms with Gasteiger partial charge in [-0.05, 0) is 19.8 Å². The average Bonchev–Trinajstić information content (AvgIpc) is 2.29. The van der Waals surface area contributed by atoms with E-state index in [1.54, 1.807) is 0 Å². The summed E-state index contributed by atoms with van der Waals surface area (Å²) in [5.74, 6) is -0.216. The third kappa shape index (κ3) is 2.53. The number of nitrogens with two attached hydrogens (primary N) is 1. The minimum atomic E-state index is -0.216. The molecule has 0 spiro atoms. The first-order valence-electron chi connectivity index (χ1n) is 6.06. The molecule has 2 fully saturated rings. The SMILES string of the molecule is CC1CC(N2CCNCC2C(N)=O)CCO1. The smallest absolute Gasteiger partial charge is 0.236 e. The van der Waals surface area contributed by atoms with Gasteiger partial charge in [0.1, 0.15) is 6.04 Å². The van der Waals surface area contributed by atoms with E-state index in [-0.39, 0.29) is 11.9 Å². The Hall–Kier alpha value is -0.650. The summed E-state index contributed by atoms with van der Waals surface area (Å²) in [6.07, 6.45) is 2.31. The van der Waals surface area contributed by atoms with E-state index in [0.29, 0.717) is 18.7 Å². The minimum absolute atomic E-state index is 0.149. The summed E-state index contributed by atoms with van der Waals surface area (Å²) in [6, 6.07) is 0.299. The summed E-state index contributed by atoms with van der Waals surface area (Å²) in [7, 11) is 0. The summed E-state index contributed by atoms with van der Waals surface area (Å²) in [5, 5.41) is 3.22. The fraction of sp³-hybridized carbons (Fsp3) is 0.909. The number of primary amides is 1. The van der Waals surface area contributed by atoms with Crippen LogP contribution in [0, 0.1) is 0 Å². The number of ether oxygens (including phenoxy) is 1. The van der Waals surface area contributed by atoms with Crippen molar-refractivity contribution in [2.75, 3.05) is 26.2 Å². The Kier molecular flexibility index (Phi) is 3.78. The Morgan fingerprint density at radius 2 is 2.38 bits per heavy atom. The summed E-state index contributed by atoms with van der Waals surface area (Å²) in [6.45, 7) is 5.41. The zero-order valence-corrected chi connectivity index (χ0v) is 9.82. The summed E-state index contributed by atoms with van der Waals surface area (Å²) in [4.78, 5) is 13.7. The maximum Gasteiger partial charge on any atom is 0.236 e. The van der Waals surface area contributed by atoms with Crippen molar-refractivity contribution in [3.05, 3.63) is 0 Å². The molecule has 0 aromatic carbocycles. The van der Waals surface area contributed by atoms with Crippen LogP contribution in [-0.4, -0.2) is 55.2 Å². The van der Waals surface area contributed by atoms with Gasteiger partial charge < -0.3 is 15.8 Å². The molecule has 2 saturated heterocycles. The Balaban J connectivity index is 2.01. The van der Waals surface area contributed by atoms with Crippen molar-refractivity contribution in [1.29, 1.82) is 0 Å². The molecule has 16 heavy (non-hydrogen) atoms. The molecular formula is C11H21N3O2. The third-order valence-electron chi connectivity index (χ3n) is 3.54. The molecule has 0 bridgehead atoms. The van der Waals surface area contributed by atoms with Crippen molar-refractivity contribution in [1.82, 2.24) is 10.2 Å². The molecule has 1 amide bonds. The first-order chi connectivity index (χ1) is 7.68. The van der Waals surface area contributed by atoms with Crippen LogP contribution in [0.2, 0.25) is 0 Å². The van der Waals surface area contributed by atoms with Gasteiger partial charge in [-0.25, -0.2) is 0 Å². The van der Waals surface area contributed by atoms with Crippen LogP contribution in [0.15, 0.2) is 0 Å². The van der Waals surface area contributed by atoms with Crippen LogP contribution in [0.3, 0.4) is 0 Å². The van der Waals surface area contributed by atoms with E-state index in [1.165, 1.54) is 0 Å². The first-order valence-corrected chi connectivity index (χ1v) is 6.06. The van der Waals surface area contributed by atoms with E-state index in [0.717, 1.165) is 32.5 Å². The highest BCUT2D eigenvalue weighted by Gasteiger charge is 2.34. The molecule has 92 valence electrons. The fourth-order valence-corrected chi connectivity index (χ4v) is 2.70. The zero-order valence-electron chi connectivity index (χ0n) is 9.82. The molecule has 0 aromatic heterocycles. The van der Waals surface area contributed by atoms with Crippen LogP contribution in [0.5, 0.6) is 0 Å². The van der Waals surface area contributed by atoms with Gasteiger partial charge in [0, 0.05) is 32.3 Å². The van der Waals surface area contributed by atoms with Crippen LogP contribution in [-0.2, 0) is 9.53 Å². The van der Waals surface area contributed by atoms with Crippen molar-refractivity contribution in [2.24, 2.45) is 5.73 Å². The van der Waals surface area contributed by atoms with Gasteiger partial charge in [0.2, 0.25) is 5.91 Å². The maximum absolute atomic E-state index is 11.4. The maximum atomic E-state index is 11.4. The van der Waals surface area contributed by atoms with Gasteiger partial charge >= 0.3 is 0 Å². The number of nitrogens with zero attached hydrogens (tertiary/aromatic N) is 1. The number of rotatable bonds is 2. The van der Waals surface area contributed by atoms with E-state index in [1.807, 2.05) is 0 Å². The van der Waals surface area contributed by atoms with Crippen LogP contribution in [0.4, 0.5) is 0 Å². The number of hydrogen-bond donors (Lipinski definition) is 2. The molecule has 0 aromatic rings. The number of nitrogens with one attached hydrogen (secondary N) is 1. The van der Waals surface area contributed by atoms with Crippen LogP contribution in [0.1, 0.15) is 19.8 Å². The summed E-state index contributed by atoms with van der Waals surface area (Å²) in [5.41, 5.74) is 5.45. The Bertz CT molecular complexity index is 260. The number of carbonyl (C=O) groups excluding carboxylic acids is 1. The molecule has 5 nitrogen and oxygen atoms in total. The van der Waals surface area contributed by atoms with Crippen molar-refractivity contribution in [2.45, 2.75) is 38.0 Å². The molecule has 5 heteroatoms. The Morgan fingerprint density at radius 3 is 3.06 bits per heavy atom. The van der Waals surface area contributed by atoms with Gasteiger partial charge in [-0.3, -0.25) is 9.69 Å². The third-order valence-corrected chi connectivity index (χ3v) is 3.54. The van der Waals surface area contributed by atoms with Gasteiger partial charge in [-0.15, -0.1) is 0 Å². The topological polar surface area (TPSA) is 67.6 Å². The van der Waals surface area contributed by atoms with E-state index >= 15 is 0 Å². The van der Waals surface area contributed by atoms with E-state index < -0.39 is 0 Å². The molecule has 0 radical (unpaired) electrons. The Morgan fingerprint density at radius 1 is 1.56 bits per heavy atom. The number of hydrogen-bond acceptors (Lipinski definition) is 4. The molecular weight excluding hydrogens is 206 g/mol. The number of carbonyl (C=O) groups is 1. The van der Waals surface area contributed by atoms with Gasteiger partial charge in [-0.2, -0.15) is 0 Å². The molecule has 2 heterocycles. The van der Waals surface area contributed by atoms with Gasteiger partial charge in [0.25, 0.3) is 0 Å². The first kappa shape index (κ1) is 11.8. The summed E-state index contributed by atoms with van der Waals surface area (Å²) >= 11 is 0. The monoisotopic (exact) mass is 227 g/mol. The molecule has 2 rings (SSSR count). The highest BCUT2D eigenvalue weighted by atomic mass is 16.5.